The quantitative estimate of drug-likeness (QED) is 0.654. The molecule has 1 aliphatic rings. The van der Waals surface area contributed by atoms with E-state index in [-0.39, 0.29) is 31.3 Å². The first-order valence-electron chi connectivity index (χ1n) is 4.74. The van der Waals surface area contributed by atoms with Gasteiger partial charge in [0.15, 0.2) is 0 Å². The molecule has 2 N–H and O–H groups in total. The van der Waals surface area contributed by atoms with E-state index in [1.807, 2.05) is 0 Å². The van der Waals surface area contributed by atoms with Crippen LogP contribution in [0.5, 0.6) is 0 Å². The highest BCUT2D eigenvalue weighted by molar-refractivity contribution is 5.80. The number of hydrogen-bond donors (Lipinski definition) is 2. The molecule has 1 rings (SSSR count). The maximum absolute atomic E-state index is 11.4. The molecule has 0 aliphatic carbocycles. The SMILES string of the molecule is O=C(O)CCC(=O)N1CC[C@H](CO)C1. The summed E-state index contributed by atoms with van der Waals surface area (Å²) in [5, 5.41) is 17.2. The van der Waals surface area contributed by atoms with Crippen molar-refractivity contribution >= 4 is 11.9 Å². The molecule has 0 radical (unpaired) electrons. The molecule has 1 atom stereocenters. The highest BCUT2D eigenvalue weighted by atomic mass is 16.4. The minimum absolute atomic E-state index is 0.0630. The van der Waals surface area contributed by atoms with Crippen LogP contribution in [0.15, 0.2) is 0 Å². The molecule has 0 aromatic rings. The molecular weight excluding hydrogens is 186 g/mol. The lowest BCUT2D eigenvalue weighted by Crippen LogP contribution is -2.29. The summed E-state index contributed by atoms with van der Waals surface area (Å²) in [6, 6.07) is 0. The number of carboxylic acid groups (broad SMARTS) is 1. The first-order valence-corrected chi connectivity index (χ1v) is 4.74. The molecule has 0 aromatic carbocycles. The number of carboxylic acids is 1. The second-order valence-corrected chi connectivity index (χ2v) is 3.57. The van der Waals surface area contributed by atoms with Gasteiger partial charge in [-0.1, -0.05) is 0 Å². The summed E-state index contributed by atoms with van der Waals surface area (Å²) < 4.78 is 0. The van der Waals surface area contributed by atoms with Crippen LogP contribution in [0.2, 0.25) is 0 Å². The van der Waals surface area contributed by atoms with Gasteiger partial charge in [-0.2, -0.15) is 0 Å². The molecular formula is C9H15NO4. The van der Waals surface area contributed by atoms with E-state index in [4.69, 9.17) is 10.2 Å². The number of aliphatic hydroxyl groups excluding tert-OH is 1. The van der Waals surface area contributed by atoms with Crippen molar-refractivity contribution in [2.24, 2.45) is 5.92 Å². The fourth-order valence-electron chi connectivity index (χ4n) is 1.58. The Morgan fingerprint density at radius 2 is 2.07 bits per heavy atom. The molecule has 0 saturated carbocycles. The summed E-state index contributed by atoms with van der Waals surface area (Å²) in [5.74, 6) is -0.900. The smallest absolute Gasteiger partial charge is 0.303 e. The highest BCUT2D eigenvalue weighted by Crippen LogP contribution is 2.16. The number of rotatable bonds is 4. The van der Waals surface area contributed by atoms with Crippen molar-refractivity contribution in [3.63, 3.8) is 0 Å². The van der Waals surface area contributed by atoms with E-state index in [1.54, 1.807) is 4.90 Å². The first-order chi connectivity index (χ1) is 6.63. The molecule has 0 aromatic heterocycles. The Morgan fingerprint density at radius 1 is 1.36 bits per heavy atom. The van der Waals surface area contributed by atoms with Gasteiger partial charge in [0.2, 0.25) is 5.91 Å². The molecule has 5 heteroatoms. The van der Waals surface area contributed by atoms with E-state index in [0.717, 1.165) is 6.42 Å². The van der Waals surface area contributed by atoms with Gasteiger partial charge in [0.1, 0.15) is 0 Å². The molecule has 1 saturated heterocycles. The van der Waals surface area contributed by atoms with E-state index in [2.05, 4.69) is 0 Å². The van der Waals surface area contributed by atoms with Gasteiger partial charge in [-0.3, -0.25) is 9.59 Å². The summed E-state index contributed by atoms with van der Waals surface area (Å²) >= 11 is 0. The van der Waals surface area contributed by atoms with Gasteiger partial charge in [0.25, 0.3) is 0 Å². The Kier molecular flexibility index (Phi) is 3.88. The highest BCUT2D eigenvalue weighted by Gasteiger charge is 2.25. The second-order valence-electron chi connectivity index (χ2n) is 3.57. The molecule has 0 unspecified atom stereocenters. The summed E-state index contributed by atoms with van der Waals surface area (Å²) in [7, 11) is 0. The zero-order valence-corrected chi connectivity index (χ0v) is 7.98. The van der Waals surface area contributed by atoms with Gasteiger partial charge in [0, 0.05) is 32.0 Å². The Bertz CT molecular complexity index is 229. The third-order valence-corrected chi connectivity index (χ3v) is 2.45. The van der Waals surface area contributed by atoms with E-state index < -0.39 is 5.97 Å². The predicted molar refractivity (Wildman–Crippen MR) is 48.6 cm³/mol. The van der Waals surface area contributed by atoms with E-state index in [9.17, 15) is 9.59 Å². The number of hydrogen-bond acceptors (Lipinski definition) is 3. The number of carbonyl (C=O) groups excluding carboxylic acids is 1. The maximum Gasteiger partial charge on any atom is 0.303 e. The van der Waals surface area contributed by atoms with Gasteiger partial charge in [-0.25, -0.2) is 0 Å². The molecule has 1 amide bonds. The lowest BCUT2D eigenvalue weighted by atomic mass is 10.1. The Morgan fingerprint density at radius 3 is 2.57 bits per heavy atom. The lowest BCUT2D eigenvalue weighted by molar-refractivity contribution is -0.140. The normalized spacial score (nSPS) is 21.2. The molecule has 1 heterocycles. The number of carbonyl (C=O) groups is 2. The number of amides is 1. The fourth-order valence-corrected chi connectivity index (χ4v) is 1.58. The first kappa shape index (κ1) is 11.0. The van der Waals surface area contributed by atoms with Crippen LogP contribution in [0.1, 0.15) is 19.3 Å². The van der Waals surface area contributed by atoms with E-state index >= 15 is 0 Å². The number of aliphatic carboxylic acids is 1. The maximum atomic E-state index is 11.4. The standard InChI is InChI=1S/C9H15NO4/c11-6-7-3-4-10(5-7)8(12)1-2-9(13)14/h7,11H,1-6H2,(H,13,14)/t7-/m0/s1. The lowest BCUT2D eigenvalue weighted by Gasteiger charge is -2.15. The summed E-state index contributed by atoms with van der Waals surface area (Å²) in [6.45, 7) is 1.31. The average molecular weight is 201 g/mol. The topological polar surface area (TPSA) is 77.8 Å². The largest absolute Gasteiger partial charge is 0.481 e. The molecule has 0 spiro atoms. The molecule has 0 bridgehead atoms. The minimum Gasteiger partial charge on any atom is -0.481 e. The van der Waals surface area contributed by atoms with Gasteiger partial charge in [-0.15, -0.1) is 0 Å². The van der Waals surface area contributed by atoms with E-state index in [1.165, 1.54) is 0 Å². The van der Waals surface area contributed by atoms with Crippen LogP contribution in [-0.4, -0.2) is 46.7 Å². The van der Waals surface area contributed by atoms with Crippen LogP contribution < -0.4 is 0 Å². The molecule has 1 fully saturated rings. The van der Waals surface area contributed by atoms with Gasteiger partial charge in [0.05, 0.1) is 6.42 Å². The number of aliphatic hydroxyl groups is 1. The zero-order valence-electron chi connectivity index (χ0n) is 7.98. The third kappa shape index (κ3) is 2.99. The summed E-state index contributed by atoms with van der Waals surface area (Å²) in [5.41, 5.74) is 0. The fraction of sp³-hybridized carbons (Fsp3) is 0.778. The number of likely N-dealkylation sites (tertiary alicyclic amines) is 1. The van der Waals surface area contributed by atoms with Crippen LogP contribution in [0.25, 0.3) is 0 Å². The Labute approximate surface area is 82.3 Å². The van der Waals surface area contributed by atoms with Gasteiger partial charge >= 0.3 is 5.97 Å². The van der Waals surface area contributed by atoms with Crippen molar-refractivity contribution in [3.8, 4) is 0 Å². The van der Waals surface area contributed by atoms with Crippen LogP contribution in [0.3, 0.4) is 0 Å². The van der Waals surface area contributed by atoms with Crippen LogP contribution in [0.4, 0.5) is 0 Å². The number of nitrogens with zero attached hydrogens (tertiary/aromatic N) is 1. The van der Waals surface area contributed by atoms with Crippen molar-refractivity contribution < 1.29 is 19.8 Å². The third-order valence-electron chi connectivity index (χ3n) is 2.45. The Hall–Kier alpha value is -1.10. The second kappa shape index (κ2) is 4.95. The van der Waals surface area contributed by atoms with Crippen molar-refractivity contribution in [1.29, 1.82) is 0 Å². The van der Waals surface area contributed by atoms with Gasteiger partial charge < -0.3 is 15.1 Å². The molecule has 14 heavy (non-hydrogen) atoms. The van der Waals surface area contributed by atoms with Crippen molar-refractivity contribution in [2.75, 3.05) is 19.7 Å². The molecule has 1 aliphatic heterocycles. The monoisotopic (exact) mass is 201 g/mol. The Balaban J connectivity index is 2.28. The molecule has 80 valence electrons. The summed E-state index contributed by atoms with van der Waals surface area (Å²) in [4.78, 5) is 23.2. The predicted octanol–water partition coefficient (Wildman–Crippen LogP) is -0.308. The minimum atomic E-state index is -0.948. The zero-order chi connectivity index (χ0) is 10.6. The van der Waals surface area contributed by atoms with Crippen LogP contribution in [0, 0.1) is 5.92 Å². The average Bonchev–Trinajstić information content (AvgIpc) is 2.62. The van der Waals surface area contributed by atoms with Gasteiger partial charge in [-0.05, 0) is 6.42 Å². The molecule has 5 nitrogen and oxygen atoms in total. The van der Waals surface area contributed by atoms with Crippen molar-refractivity contribution in [3.05, 3.63) is 0 Å². The van der Waals surface area contributed by atoms with Crippen molar-refractivity contribution in [2.45, 2.75) is 19.3 Å². The summed E-state index contributed by atoms with van der Waals surface area (Å²) in [6.07, 6.45) is 0.766. The van der Waals surface area contributed by atoms with Crippen LogP contribution in [-0.2, 0) is 9.59 Å². The van der Waals surface area contributed by atoms with E-state index in [0.29, 0.717) is 13.1 Å². The van der Waals surface area contributed by atoms with Crippen LogP contribution >= 0.6 is 0 Å². The van der Waals surface area contributed by atoms with Crippen molar-refractivity contribution in [1.82, 2.24) is 4.90 Å².